The average molecular weight is 470 g/mol. The van der Waals surface area contributed by atoms with Gasteiger partial charge in [0.2, 0.25) is 6.73 Å². The summed E-state index contributed by atoms with van der Waals surface area (Å²) >= 11 is 6.46. The van der Waals surface area contributed by atoms with E-state index in [1.54, 1.807) is 0 Å². The van der Waals surface area contributed by atoms with Crippen LogP contribution in [0, 0.1) is 5.41 Å². The van der Waals surface area contributed by atoms with E-state index in [9.17, 15) is 4.79 Å². The lowest BCUT2D eigenvalue weighted by Crippen LogP contribution is -2.70. The fourth-order valence-corrected chi connectivity index (χ4v) is 5.48. The van der Waals surface area contributed by atoms with Gasteiger partial charge in [-0.1, -0.05) is 48.0 Å². The van der Waals surface area contributed by atoms with E-state index in [0.717, 1.165) is 35.6 Å². The molecular formula is C28H38ClN2O2+. The van der Waals surface area contributed by atoms with Gasteiger partial charge in [0.1, 0.15) is 5.54 Å². The molecule has 1 saturated heterocycles. The Morgan fingerprint density at radius 3 is 2.48 bits per heavy atom. The number of carbonyl (C=O) groups excluding carboxylic acids is 1. The van der Waals surface area contributed by atoms with Crippen LogP contribution in [0.5, 0.6) is 0 Å². The van der Waals surface area contributed by atoms with Crippen molar-refractivity contribution in [2.45, 2.75) is 58.5 Å². The van der Waals surface area contributed by atoms with Gasteiger partial charge in [-0.2, -0.15) is 0 Å². The van der Waals surface area contributed by atoms with Gasteiger partial charge in [-0.15, -0.1) is 0 Å². The van der Waals surface area contributed by atoms with Gasteiger partial charge in [0.25, 0.3) is 0 Å². The number of ether oxygens (including phenoxy) is 1. The van der Waals surface area contributed by atoms with Gasteiger partial charge in [0.15, 0.2) is 0 Å². The molecule has 0 aromatic heterocycles. The number of likely N-dealkylation sites (N-methyl/N-ethyl adjacent to an activating group) is 1. The first-order chi connectivity index (χ1) is 15.4. The Labute approximate surface area is 204 Å². The number of rotatable bonds is 4. The lowest BCUT2D eigenvalue weighted by molar-refractivity contribution is -0.974. The van der Waals surface area contributed by atoms with Crippen LogP contribution in [-0.4, -0.2) is 54.3 Å². The third-order valence-corrected chi connectivity index (χ3v) is 8.15. The first kappa shape index (κ1) is 24.3. The Kier molecular flexibility index (Phi) is 6.41. The quantitative estimate of drug-likeness (QED) is 0.406. The highest BCUT2D eigenvalue weighted by Gasteiger charge is 2.49. The van der Waals surface area contributed by atoms with Crippen molar-refractivity contribution in [3.63, 3.8) is 0 Å². The second-order valence-electron chi connectivity index (χ2n) is 11.7. The minimum absolute atomic E-state index is 0.0556. The zero-order valence-corrected chi connectivity index (χ0v) is 21.7. The van der Waals surface area contributed by atoms with Crippen molar-refractivity contribution >= 4 is 17.6 Å². The van der Waals surface area contributed by atoms with E-state index < -0.39 is 5.41 Å². The van der Waals surface area contributed by atoms with Crippen LogP contribution < -0.4 is 0 Å². The lowest BCUT2D eigenvalue weighted by atomic mass is 9.92. The van der Waals surface area contributed by atoms with Crippen molar-refractivity contribution in [2.24, 2.45) is 5.41 Å². The third-order valence-electron chi connectivity index (χ3n) is 7.91. The second kappa shape index (κ2) is 8.72. The number of esters is 1. The summed E-state index contributed by atoms with van der Waals surface area (Å²) < 4.78 is 6.51. The molecule has 1 fully saturated rings. The molecule has 0 radical (unpaired) electrons. The summed E-state index contributed by atoms with van der Waals surface area (Å²) in [7, 11) is 2.22. The molecule has 0 saturated carbocycles. The summed E-state index contributed by atoms with van der Waals surface area (Å²) in [6, 6.07) is 17.6. The Bertz CT molecular complexity index is 1010. The predicted molar refractivity (Wildman–Crippen MR) is 134 cm³/mol. The second-order valence-corrected chi connectivity index (χ2v) is 12.1. The maximum absolute atomic E-state index is 12.4. The van der Waals surface area contributed by atoms with E-state index in [1.807, 2.05) is 26.8 Å². The number of hydrogen-bond donors (Lipinski definition) is 0. The maximum Gasteiger partial charge on any atom is 0.315 e. The van der Waals surface area contributed by atoms with E-state index in [4.69, 9.17) is 16.3 Å². The Hall–Kier alpha value is -1.88. The average Bonchev–Trinajstić information content (AvgIpc) is 3.12. The number of piperazine rings is 1. The van der Waals surface area contributed by atoms with Crippen molar-refractivity contribution in [1.82, 2.24) is 4.90 Å². The summed E-state index contributed by atoms with van der Waals surface area (Å²) in [5.74, 6) is 0.257. The molecule has 0 bridgehead atoms. The molecule has 0 spiro atoms. The molecule has 33 heavy (non-hydrogen) atoms. The van der Waals surface area contributed by atoms with Crippen LogP contribution >= 0.6 is 11.6 Å². The first-order valence-electron chi connectivity index (χ1n) is 12.0. The smallest absolute Gasteiger partial charge is 0.315 e. The Balaban J connectivity index is 1.55. The Morgan fingerprint density at radius 2 is 1.85 bits per heavy atom. The van der Waals surface area contributed by atoms with E-state index in [0.29, 0.717) is 18.7 Å². The zero-order valence-electron chi connectivity index (χ0n) is 20.9. The molecule has 4 nitrogen and oxygen atoms in total. The van der Waals surface area contributed by atoms with Crippen LogP contribution in [0.15, 0.2) is 48.5 Å². The lowest BCUT2D eigenvalue weighted by Gasteiger charge is -2.54. The molecule has 1 heterocycles. The van der Waals surface area contributed by atoms with E-state index in [1.165, 1.54) is 16.7 Å². The summed E-state index contributed by atoms with van der Waals surface area (Å²) in [5, 5.41) is 0.804. The zero-order chi connectivity index (χ0) is 24.0. The van der Waals surface area contributed by atoms with Gasteiger partial charge in [0.05, 0.1) is 25.6 Å². The molecule has 2 aliphatic rings. The highest BCUT2D eigenvalue weighted by molar-refractivity contribution is 6.30. The summed E-state index contributed by atoms with van der Waals surface area (Å²) in [6.45, 7) is 13.6. The molecular weight excluding hydrogens is 432 g/mol. The fourth-order valence-electron chi connectivity index (χ4n) is 5.30. The molecule has 2 aromatic rings. The van der Waals surface area contributed by atoms with Crippen LogP contribution in [-0.2, 0) is 9.53 Å². The first-order valence-corrected chi connectivity index (χ1v) is 12.4. The van der Waals surface area contributed by atoms with E-state index in [-0.39, 0.29) is 11.5 Å². The molecule has 5 heteroatoms. The topological polar surface area (TPSA) is 29.5 Å². The number of quaternary nitrogens is 1. The standard InChI is InChI=1S/C28H38ClN2O2/c1-27(2,3)26(32)33-19-31(6)15-14-30(18-28(31,4)5)25-17-23(20-10-8-7-9-11-20)22-13-12-21(29)16-24(22)25/h7-13,16,23,25H,14-15,17-19H2,1-6H3/q+1/t23-,25+,31-/m0/s1. The number of carbonyl (C=O) groups is 1. The van der Waals surface area contributed by atoms with E-state index >= 15 is 0 Å². The minimum atomic E-state index is -0.482. The van der Waals surface area contributed by atoms with Gasteiger partial charge in [0, 0.05) is 23.5 Å². The number of halogens is 1. The van der Waals surface area contributed by atoms with Crippen molar-refractivity contribution in [1.29, 1.82) is 0 Å². The number of fused-ring (bicyclic) bond motifs is 1. The van der Waals surface area contributed by atoms with Crippen LogP contribution in [0.3, 0.4) is 0 Å². The van der Waals surface area contributed by atoms with Crippen LogP contribution in [0.1, 0.15) is 69.7 Å². The summed E-state index contributed by atoms with van der Waals surface area (Å²) in [5.41, 5.74) is 3.59. The molecule has 2 aromatic carbocycles. The summed E-state index contributed by atoms with van der Waals surface area (Å²) in [6.07, 6.45) is 1.07. The number of hydrogen-bond acceptors (Lipinski definition) is 3. The Morgan fingerprint density at radius 1 is 1.15 bits per heavy atom. The molecule has 1 aliphatic heterocycles. The van der Waals surface area contributed by atoms with Crippen LogP contribution in [0.4, 0.5) is 0 Å². The largest absolute Gasteiger partial charge is 0.415 e. The maximum atomic E-state index is 12.4. The minimum Gasteiger partial charge on any atom is -0.415 e. The third kappa shape index (κ3) is 4.71. The fraction of sp³-hybridized carbons (Fsp3) is 0.536. The van der Waals surface area contributed by atoms with E-state index in [2.05, 4.69) is 68.3 Å². The molecule has 0 N–H and O–H groups in total. The highest BCUT2D eigenvalue weighted by Crippen LogP contribution is 2.48. The van der Waals surface area contributed by atoms with Gasteiger partial charge in [-0.3, -0.25) is 14.2 Å². The monoisotopic (exact) mass is 469 g/mol. The van der Waals surface area contributed by atoms with Gasteiger partial charge in [-0.25, -0.2) is 0 Å². The highest BCUT2D eigenvalue weighted by atomic mass is 35.5. The van der Waals surface area contributed by atoms with Crippen molar-refractivity contribution < 1.29 is 14.0 Å². The van der Waals surface area contributed by atoms with Crippen molar-refractivity contribution in [3.05, 3.63) is 70.2 Å². The predicted octanol–water partition coefficient (Wildman–Crippen LogP) is 6.00. The number of nitrogens with zero attached hydrogens (tertiary/aromatic N) is 2. The summed E-state index contributed by atoms with van der Waals surface area (Å²) in [4.78, 5) is 15.0. The van der Waals surface area contributed by atoms with Gasteiger partial charge < -0.3 is 4.74 Å². The van der Waals surface area contributed by atoms with Gasteiger partial charge >= 0.3 is 5.97 Å². The molecule has 3 atom stereocenters. The molecule has 4 rings (SSSR count). The normalized spacial score (nSPS) is 27.2. The SMILES string of the molecule is CC(C)(C)C(=O)OC[N@+]1(C)CCN([C@@H]2C[C@@H](c3ccccc3)c3ccc(Cl)cc32)CC1(C)C. The van der Waals surface area contributed by atoms with Gasteiger partial charge in [-0.05, 0) is 69.9 Å². The molecule has 0 unspecified atom stereocenters. The molecule has 178 valence electrons. The molecule has 1 aliphatic carbocycles. The number of benzene rings is 2. The van der Waals surface area contributed by atoms with Crippen LogP contribution in [0.2, 0.25) is 5.02 Å². The molecule has 0 amide bonds. The van der Waals surface area contributed by atoms with Crippen LogP contribution in [0.25, 0.3) is 0 Å². The van der Waals surface area contributed by atoms with Crippen molar-refractivity contribution in [3.8, 4) is 0 Å². The van der Waals surface area contributed by atoms with Crippen molar-refractivity contribution in [2.75, 3.05) is 33.4 Å².